The number of rotatable bonds is 5. The van der Waals surface area contributed by atoms with Crippen LogP contribution < -0.4 is 62.0 Å². The second-order valence-corrected chi connectivity index (χ2v) is 7.86. The van der Waals surface area contributed by atoms with E-state index < -0.39 is 21.0 Å². The van der Waals surface area contributed by atoms with Gasteiger partial charge in [0.15, 0.2) is 5.36 Å². The second-order valence-electron chi connectivity index (χ2n) is 6.49. The van der Waals surface area contributed by atoms with Crippen molar-refractivity contribution in [3.63, 3.8) is 0 Å². The van der Waals surface area contributed by atoms with E-state index in [0.29, 0.717) is 11.4 Å². The first-order valence-electron chi connectivity index (χ1n) is 8.73. The fourth-order valence-electron chi connectivity index (χ4n) is 2.49. The topological polar surface area (TPSA) is 140 Å². The van der Waals surface area contributed by atoms with Crippen LogP contribution in [0, 0.1) is 13.8 Å². The monoisotopic (exact) mass is 448 g/mol. The van der Waals surface area contributed by atoms with Crippen LogP contribution in [0.5, 0.6) is 0 Å². The van der Waals surface area contributed by atoms with Gasteiger partial charge in [0, 0.05) is 0 Å². The maximum absolute atomic E-state index is 12.6. The fourth-order valence-corrected chi connectivity index (χ4v) is 2.96. The molecule has 0 unspecified atom stereocenters. The van der Waals surface area contributed by atoms with Gasteiger partial charge in [0.1, 0.15) is 15.5 Å². The molecule has 2 N–H and O–H groups in total. The van der Waals surface area contributed by atoms with E-state index in [2.05, 4.69) is 21.1 Å². The standard InChI is InChI=1S/C20H18N4O5S.Na/c1-12-3-4-15(11-13(12)2)22-24-19-18(25)10-9-17(20(19)26)23-21-14-5-7-16(8-6-14)30(27,28)29;/h3-11,21-22H,1-2H3,(H,27,28,29);/q;+1/p-1. The van der Waals surface area contributed by atoms with E-state index in [1.807, 2.05) is 26.0 Å². The first-order valence-corrected chi connectivity index (χ1v) is 10.1. The molecule has 3 aromatic rings. The molecule has 0 saturated heterocycles. The van der Waals surface area contributed by atoms with E-state index in [1.165, 1.54) is 24.3 Å². The largest absolute Gasteiger partial charge is 1.00 e. The molecule has 0 saturated carbocycles. The minimum absolute atomic E-state index is 0. The van der Waals surface area contributed by atoms with Crippen molar-refractivity contribution >= 4 is 21.5 Å². The fraction of sp³-hybridized carbons (Fsp3) is 0.100. The molecule has 9 nitrogen and oxygen atoms in total. The quantitative estimate of drug-likeness (QED) is 0.253. The zero-order chi connectivity index (χ0) is 21.9. The summed E-state index contributed by atoms with van der Waals surface area (Å²) < 4.78 is 32.9. The summed E-state index contributed by atoms with van der Waals surface area (Å²) in [6.45, 7) is 3.90. The van der Waals surface area contributed by atoms with E-state index in [0.717, 1.165) is 23.3 Å². The van der Waals surface area contributed by atoms with Crippen molar-refractivity contribution in [1.29, 1.82) is 0 Å². The normalized spacial score (nSPS) is 12.4. The summed E-state index contributed by atoms with van der Waals surface area (Å²) >= 11 is 0. The van der Waals surface area contributed by atoms with Crippen LogP contribution in [-0.4, -0.2) is 13.0 Å². The van der Waals surface area contributed by atoms with Gasteiger partial charge in [-0.1, -0.05) is 6.07 Å². The van der Waals surface area contributed by atoms with Gasteiger partial charge in [-0.3, -0.25) is 20.4 Å². The second kappa shape index (κ2) is 10.1. The van der Waals surface area contributed by atoms with Gasteiger partial charge in [-0.05, 0) is 73.5 Å². The molecule has 0 radical (unpaired) electrons. The molecule has 0 aliphatic heterocycles. The van der Waals surface area contributed by atoms with Crippen molar-refractivity contribution < 1.29 is 42.5 Å². The molecule has 0 aromatic heterocycles. The minimum Gasteiger partial charge on any atom is -0.744 e. The number of aryl methyl sites for hydroxylation is 2. The maximum Gasteiger partial charge on any atom is 1.00 e. The molecule has 3 aromatic carbocycles. The molecule has 0 fully saturated rings. The van der Waals surface area contributed by atoms with Gasteiger partial charge in [0.25, 0.3) is 0 Å². The number of nitrogens with one attached hydrogen (secondary N) is 2. The van der Waals surface area contributed by atoms with E-state index in [9.17, 15) is 22.6 Å². The van der Waals surface area contributed by atoms with Crippen LogP contribution in [0.3, 0.4) is 0 Å². The maximum atomic E-state index is 12.6. The van der Waals surface area contributed by atoms with Gasteiger partial charge in [-0.25, -0.2) is 8.42 Å². The van der Waals surface area contributed by atoms with Gasteiger partial charge in [0.05, 0.1) is 16.3 Å². The molecule has 0 heterocycles. The predicted octanol–water partition coefficient (Wildman–Crippen LogP) is -2.34. The average molecular weight is 448 g/mol. The SMILES string of the molecule is Cc1ccc(NN=c2c(=O)ccc(=NNc3ccc(S(=O)(=O)[O-])cc3)c2=O)cc1C.[Na+]. The predicted molar refractivity (Wildman–Crippen MR) is 110 cm³/mol. The van der Waals surface area contributed by atoms with Crippen LogP contribution in [0.2, 0.25) is 0 Å². The third kappa shape index (κ3) is 6.18. The van der Waals surface area contributed by atoms with Gasteiger partial charge in [0.2, 0.25) is 10.9 Å². The molecular weight excluding hydrogens is 431 g/mol. The smallest absolute Gasteiger partial charge is 0.744 e. The number of benzene rings is 3. The summed E-state index contributed by atoms with van der Waals surface area (Å²) in [4.78, 5) is 24.2. The Kier molecular flexibility index (Phi) is 8.04. The summed E-state index contributed by atoms with van der Waals surface area (Å²) in [7, 11) is -4.55. The molecular formula is C20H17N4NaO5S. The third-order valence-corrected chi connectivity index (χ3v) is 5.18. The number of nitrogens with zero attached hydrogens (tertiary/aromatic N) is 2. The molecule has 0 spiro atoms. The van der Waals surface area contributed by atoms with Crippen LogP contribution in [0.4, 0.5) is 11.4 Å². The van der Waals surface area contributed by atoms with Crippen molar-refractivity contribution in [3.8, 4) is 0 Å². The summed E-state index contributed by atoms with van der Waals surface area (Å²) in [5.74, 6) is 0. The van der Waals surface area contributed by atoms with Gasteiger partial charge < -0.3 is 4.55 Å². The minimum atomic E-state index is -4.55. The van der Waals surface area contributed by atoms with Crippen LogP contribution in [-0.2, 0) is 10.1 Å². The van der Waals surface area contributed by atoms with Crippen molar-refractivity contribution in [2.24, 2.45) is 10.2 Å². The summed E-state index contributed by atoms with van der Waals surface area (Å²) in [6, 6.07) is 12.8. The molecule has 0 aliphatic rings. The Morgan fingerprint density at radius 2 is 1.42 bits per heavy atom. The Hall–Kier alpha value is -2.63. The van der Waals surface area contributed by atoms with Crippen molar-refractivity contribution in [2.45, 2.75) is 18.7 Å². The van der Waals surface area contributed by atoms with E-state index in [1.54, 1.807) is 6.07 Å². The van der Waals surface area contributed by atoms with Gasteiger partial charge in [-0.15, -0.1) is 0 Å². The Labute approximate surface area is 199 Å². The van der Waals surface area contributed by atoms with E-state index >= 15 is 0 Å². The van der Waals surface area contributed by atoms with Crippen LogP contribution in [0.1, 0.15) is 11.1 Å². The summed E-state index contributed by atoms with van der Waals surface area (Å²) in [5, 5.41) is 7.49. The van der Waals surface area contributed by atoms with Crippen molar-refractivity contribution in [3.05, 3.63) is 96.9 Å². The molecule has 11 heteroatoms. The average Bonchev–Trinajstić information content (AvgIpc) is 2.69. The number of anilines is 2. The Bertz CT molecular complexity index is 1430. The molecule has 154 valence electrons. The van der Waals surface area contributed by atoms with E-state index in [4.69, 9.17) is 0 Å². The molecule has 3 rings (SSSR count). The number of hydrogen-bond acceptors (Lipinski definition) is 9. The summed E-state index contributed by atoms with van der Waals surface area (Å²) in [6.07, 6.45) is 0. The molecule has 0 atom stereocenters. The van der Waals surface area contributed by atoms with E-state index in [-0.39, 0.29) is 45.2 Å². The summed E-state index contributed by atoms with van der Waals surface area (Å²) in [5.41, 5.74) is 7.16. The molecule has 0 aliphatic carbocycles. The van der Waals surface area contributed by atoms with Gasteiger partial charge in [-0.2, -0.15) is 10.2 Å². The zero-order valence-electron chi connectivity index (χ0n) is 17.0. The first-order chi connectivity index (χ1) is 14.1. The van der Waals surface area contributed by atoms with Crippen molar-refractivity contribution in [2.75, 3.05) is 10.9 Å². The van der Waals surface area contributed by atoms with Gasteiger partial charge >= 0.3 is 29.6 Å². The molecule has 0 amide bonds. The number of hydrogen-bond donors (Lipinski definition) is 2. The van der Waals surface area contributed by atoms with Crippen LogP contribution in [0.25, 0.3) is 0 Å². The Morgan fingerprint density at radius 1 is 0.806 bits per heavy atom. The first kappa shape index (κ1) is 24.6. The van der Waals surface area contributed by atoms with Crippen LogP contribution in [0.15, 0.2) is 79.3 Å². The Morgan fingerprint density at radius 3 is 2.03 bits per heavy atom. The van der Waals surface area contributed by atoms with Crippen molar-refractivity contribution in [1.82, 2.24) is 0 Å². The Balaban J connectivity index is 0.00000341. The third-order valence-electron chi connectivity index (χ3n) is 4.33. The molecule has 0 bridgehead atoms. The zero-order valence-corrected chi connectivity index (χ0v) is 19.9. The van der Waals surface area contributed by atoms with Crippen LogP contribution >= 0.6 is 0 Å². The molecule has 31 heavy (non-hydrogen) atoms.